The number of fused-ring (bicyclic) bond motifs is 1. The fraction of sp³-hybridized carbons (Fsp3) is 0.364. The quantitative estimate of drug-likeness (QED) is 0.748. The molecule has 1 atom stereocenters. The van der Waals surface area contributed by atoms with Crippen LogP contribution in [0.25, 0.3) is 11.0 Å². The highest BCUT2D eigenvalue weighted by Crippen LogP contribution is 2.12. The van der Waals surface area contributed by atoms with Gasteiger partial charge in [-0.3, -0.25) is 0 Å². The lowest BCUT2D eigenvalue weighted by Crippen LogP contribution is -2.14. The molecule has 0 aliphatic rings. The van der Waals surface area contributed by atoms with E-state index < -0.39 is 0 Å². The van der Waals surface area contributed by atoms with Crippen molar-refractivity contribution >= 4 is 11.0 Å². The van der Waals surface area contributed by atoms with Crippen LogP contribution in [0.15, 0.2) is 24.3 Å². The Hall–Kier alpha value is -1.39. The largest absolute Gasteiger partial charge is 0.342 e. The number of nitrogens with two attached hydrogens (primary N) is 1. The molecular formula is C11H15N3O. The van der Waals surface area contributed by atoms with Crippen molar-refractivity contribution in [1.29, 1.82) is 0 Å². The summed E-state index contributed by atoms with van der Waals surface area (Å²) in [5, 5.41) is 0. The van der Waals surface area contributed by atoms with Crippen molar-refractivity contribution in [2.45, 2.75) is 25.9 Å². The van der Waals surface area contributed by atoms with Crippen LogP contribution in [0.3, 0.4) is 0 Å². The van der Waals surface area contributed by atoms with Crippen molar-refractivity contribution < 1.29 is 4.84 Å². The number of rotatable bonds is 4. The van der Waals surface area contributed by atoms with E-state index in [-0.39, 0.29) is 6.10 Å². The van der Waals surface area contributed by atoms with E-state index in [1.807, 2.05) is 31.2 Å². The Bertz CT molecular complexity index is 405. The third-order valence-corrected chi connectivity index (χ3v) is 2.46. The number of benzene rings is 1. The topological polar surface area (TPSA) is 63.9 Å². The molecule has 0 bridgehead atoms. The molecule has 2 rings (SSSR count). The molecule has 1 aromatic heterocycles. The molecule has 0 saturated heterocycles. The van der Waals surface area contributed by atoms with E-state index in [1.54, 1.807) is 0 Å². The van der Waals surface area contributed by atoms with E-state index in [1.165, 1.54) is 0 Å². The molecule has 80 valence electrons. The number of nitrogens with zero attached hydrogens (tertiary/aromatic N) is 1. The highest BCUT2D eigenvalue weighted by atomic mass is 16.6. The Balaban J connectivity index is 2.09. The van der Waals surface area contributed by atoms with E-state index in [2.05, 4.69) is 9.97 Å². The fourth-order valence-electron chi connectivity index (χ4n) is 1.53. The van der Waals surface area contributed by atoms with Gasteiger partial charge in [0.15, 0.2) is 0 Å². The minimum absolute atomic E-state index is 0.0678. The number of H-pyrrole nitrogens is 1. The third-order valence-electron chi connectivity index (χ3n) is 2.46. The minimum Gasteiger partial charge on any atom is -0.342 e. The Kier molecular flexibility index (Phi) is 2.99. The van der Waals surface area contributed by atoms with E-state index in [4.69, 9.17) is 10.7 Å². The SMILES string of the molecule is CC(CCc1nc2ccccc2[nH]1)ON. The van der Waals surface area contributed by atoms with Crippen molar-refractivity contribution in [1.82, 2.24) is 9.97 Å². The van der Waals surface area contributed by atoms with Gasteiger partial charge in [0.25, 0.3) is 0 Å². The summed E-state index contributed by atoms with van der Waals surface area (Å²) in [6.07, 6.45) is 1.79. The van der Waals surface area contributed by atoms with Crippen LogP contribution in [0.5, 0.6) is 0 Å². The molecule has 4 heteroatoms. The highest BCUT2D eigenvalue weighted by Gasteiger charge is 2.05. The number of aryl methyl sites for hydroxylation is 1. The monoisotopic (exact) mass is 205 g/mol. The van der Waals surface area contributed by atoms with Crippen LogP contribution in [0.2, 0.25) is 0 Å². The van der Waals surface area contributed by atoms with Crippen molar-refractivity contribution in [3.05, 3.63) is 30.1 Å². The number of aromatic amines is 1. The zero-order chi connectivity index (χ0) is 10.7. The molecule has 0 amide bonds. The zero-order valence-electron chi connectivity index (χ0n) is 8.73. The number of imidazole rings is 1. The van der Waals surface area contributed by atoms with E-state index in [0.717, 1.165) is 29.7 Å². The molecule has 0 radical (unpaired) electrons. The van der Waals surface area contributed by atoms with Crippen molar-refractivity contribution in [3.63, 3.8) is 0 Å². The summed E-state index contributed by atoms with van der Waals surface area (Å²) in [4.78, 5) is 12.4. The average Bonchev–Trinajstić information content (AvgIpc) is 2.68. The van der Waals surface area contributed by atoms with Gasteiger partial charge in [0.05, 0.1) is 17.1 Å². The summed E-state index contributed by atoms with van der Waals surface area (Å²) >= 11 is 0. The number of aromatic nitrogens is 2. The van der Waals surface area contributed by atoms with Crippen LogP contribution in [-0.2, 0) is 11.3 Å². The Morgan fingerprint density at radius 3 is 3.00 bits per heavy atom. The summed E-state index contributed by atoms with van der Waals surface area (Å²) in [7, 11) is 0. The van der Waals surface area contributed by atoms with E-state index in [9.17, 15) is 0 Å². The summed E-state index contributed by atoms with van der Waals surface area (Å²) in [6, 6.07) is 8.00. The number of hydrogen-bond acceptors (Lipinski definition) is 3. The number of nitrogens with one attached hydrogen (secondary N) is 1. The molecule has 15 heavy (non-hydrogen) atoms. The van der Waals surface area contributed by atoms with Gasteiger partial charge in [-0.25, -0.2) is 10.9 Å². The smallest absolute Gasteiger partial charge is 0.107 e. The van der Waals surface area contributed by atoms with Crippen molar-refractivity contribution in [2.24, 2.45) is 5.90 Å². The lowest BCUT2D eigenvalue weighted by atomic mass is 10.2. The summed E-state index contributed by atoms with van der Waals surface area (Å²) in [5.41, 5.74) is 2.09. The lowest BCUT2D eigenvalue weighted by molar-refractivity contribution is 0.0606. The summed E-state index contributed by atoms with van der Waals surface area (Å²) < 4.78 is 0. The van der Waals surface area contributed by atoms with E-state index >= 15 is 0 Å². The Morgan fingerprint density at radius 1 is 1.47 bits per heavy atom. The van der Waals surface area contributed by atoms with Gasteiger partial charge >= 0.3 is 0 Å². The zero-order valence-corrected chi connectivity index (χ0v) is 8.73. The van der Waals surface area contributed by atoms with Gasteiger partial charge in [-0.1, -0.05) is 12.1 Å². The number of hydrogen-bond donors (Lipinski definition) is 2. The summed E-state index contributed by atoms with van der Waals surface area (Å²) in [5.74, 6) is 6.07. The van der Waals surface area contributed by atoms with Crippen LogP contribution < -0.4 is 5.90 Å². The molecular weight excluding hydrogens is 190 g/mol. The molecule has 1 unspecified atom stereocenters. The highest BCUT2D eigenvalue weighted by molar-refractivity contribution is 5.74. The van der Waals surface area contributed by atoms with Gasteiger partial charge in [0.2, 0.25) is 0 Å². The first kappa shape index (κ1) is 10.1. The first-order valence-corrected chi connectivity index (χ1v) is 5.09. The Morgan fingerprint density at radius 2 is 2.27 bits per heavy atom. The van der Waals surface area contributed by atoms with Crippen molar-refractivity contribution in [3.8, 4) is 0 Å². The van der Waals surface area contributed by atoms with Gasteiger partial charge in [-0.2, -0.15) is 0 Å². The second-order valence-corrected chi connectivity index (χ2v) is 3.69. The second kappa shape index (κ2) is 4.42. The van der Waals surface area contributed by atoms with Gasteiger partial charge in [0, 0.05) is 6.42 Å². The normalized spacial score (nSPS) is 13.2. The first-order valence-electron chi connectivity index (χ1n) is 5.09. The maximum atomic E-state index is 5.08. The Labute approximate surface area is 88.4 Å². The molecule has 1 heterocycles. The molecule has 1 aromatic carbocycles. The van der Waals surface area contributed by atoms with Crippen LogP contribution in [0.1, 0.15) is 19.2 Å². The molecule has 0 fully saturated rings. The third kappa shape index (κ3) is 2.34. The molecule has 3 N–H and O–H groups in total. The minimum atomic E-state index is 0.0678. The predicted octanol–water partition coefficient (Wildman–Crippen LogP) is 1.77. The lowest BCUT2D eigenvalue weighted by Gasteiger charge is -2.05. The van der Waals surface area contributed by atoms with Crippen molar-refractivity contribution in [2.75, 3.05) is 0 Å². The molecule has 4 nitrogen and oxygen atoms in total. The van der Waals surface area contributed by atoms with E-state index in [0.29, 0.717) is 0 Å². The predicted molar refractivity (Wildman–Crippen MR) is 59.1 cm³/mol. The number of para-hydroxylation sites is 2. The van der Waals surface area contributed by atoms with Gasteiger partial charge in [-0.05, 0) is 25.5 Å². The second-order valence-electron chi connectivity index (χ2n) is 3.69. The van der Waals surface area contributed by atoms with Crippen LogP contribution in [0, 0.1) is 0 Å². The average molecular weight is 205 g/mol. The van der Waals surface area contributed by atoms with Crippen LogP contribution >= 0.6 is 0 Å². The standard InChI is InChI=1S/C11H15N3O/c1-8(15-12)6-7-11-13-9-4-2-3-5-10(9)14-11/h2-5,8H,6-7,12H2,1H3,(H,13,14). The maximum absolute atomic E-state index is 5.08. The molecule has 0 spiro atoms. The maximum Gasteiger partial charge on any atom is 0.107 e. The van der Waals surface area contributed by atoms with Gasteiger partial charge in [-0.15, -0.1) is 0 Å². The molecule has 0 aliphatic carbocycles. The molecule has 0 saturated carbocycles. The summed E-state index contributed by atoms with van der Waals surface area (Å²) in [6.45, 7) is 1.95. The molecule has 2 aromatic rings. The van der Waals surface area contributed by atoms with Gasteiger partial charge < -0.3 is 9.82 Å². The fourth-order valence-corrected chi connectivity index (χ4v) is 1.53. The van der Waals surface area contributed by atoms with Gasteiger partial charge in [0.1, 0.15) is 5.82 Å². The van der Waals surface area contributed by atoms with Crippen LogP contribution in [0.4, 0.5) is 0 Å². The van der Waals surface area contributed by atoms with Crippen LogP contribution in [-0.4, -0.2) is 16.1 Å². The first-order chi connectivity index (χ1) is 7.29. The molecule has 0 aliphatic heterocycles.